The molecule has 2 aromatic heterocycles. The highest BCUT2D eigenvalue weighted by molar-refractivity contribution is 6.09. The van der Waals surface area contributed by atoms with Crippen molar-refractivity contribution in [3.63, 3.8) is 0 Å². The highest BCUT2D eigenvalue weighted by Crippen LogP contribution is 2.30. The van der Waals surface area contributed by atoms with Crippen LogP contribution in [0.2, 0.25) is 0 Å². The third-order valence-electron chi connectivity index (χ3n) is 5.38. The zero-order valence-corrected chi connectivity index (χ0v) is 18.8. The Balaban J connectivity index is 1.43. The number of ether oxygens (including phenoxy) is 1. The maximum absolute atomic E-state index is 12.8. The van der Waals surface area contributed by atoms with Crippen LogP contribution in [0.15, 0.2) is 61.1 Å². The van der Waals surface area contributed by atoms with E-state index in [2.05, 4.69) is 29.2 Å². The number of aromatic amines is 1. The first-order valence-corrected chi connectivity index (χ1v) is 11.0. The number of fused-ring (bicyclic) bond motifs is 1. The van der Waals surface area contributed by atoms with Crippen molar-refractivity contribution in [1.82, 2.24) is 14.8 Å². The van der Waals surface area contributed by atoms with E-state index < -0.39 is 12.6 Å². The Hall–Kier alpha value is -3.75. The molecule has 4 rings (SSSR count). The number of aromatic nitrogens is 3. The number of H-pyrrole nitrogens is 1. The minimum atomic E-state index is -4.19. The number of carbonyl (C=O) groups excluding carboxylic acids is 1. The lowest BCUT2D eigenvalue weighted by molar-refractivity contribution is -0.136. The molecule has 178 valence electrons. The largest absolute Gasteiger partial charge is 0.494 e. The number of carbonyl (C=O) groups is 1. The predicted octanol–water partition coefficient (Wildman–Crippen LogP) is 6.59. The number of amides is 1. The third kappa shape index (κ3) is 5.59. The summed E-state index contributed by atoms with van der Waals surface area (Å²) in [6.07, 6.45) is 0.349. The van der Waals surface area contributed by atoms with Crippen LogP contribution in [0.4, 0.5) is 18.9 Å². The number of alkyl halides is 3. The van der Waals surface area contributed by atoms with E-state index in [4.69, 9.17) is 4.74 Å². The highest BCUT2D eigenvalue weighted by Gasteiger charge is 2.26. The molecule has 0 saturated carbocycles. The zero-order chi connectivity index (χ0) is 24.3. The third-order valence-corrected chi connectivity index (χ3v) is 5.38. The minimum absolute atomic E-state index is 0.0429. The summed E-state index contributed by atoms with van der Waals surface area (Å²) in [7, 11) is 0. The molecular weight excluding hydrogens is 445 g/mol. The number of halogens is 3. The molecule has 0 bridgehead atoms. The van der Waals surface area contributed by atoms with Gasteiger partial charge in [0.25, 0.3) is 5.91 Å². The average molecular weight is 470 g/mol. The number of hydrogen-bond donors (Lipinski definition) is 2. The molecule has 0 atom stereocenters. The molecule has 0 unspecified atom stereocenters. The van der Waals surface area contributed by atoms with Crippen molar-refractivity contribution < 1.29 is 22.7 Å². The van der Waals surface area contributed by atoms with E-state index in [1.807, 2.05) is 35.3 Å². The molecule has 0 aliphatic rings. The van der Waals surface area contributed by atoms with Crippen molar-refractivity contribution in [3.8, 4) is 16.9 Å². The molecule has 9 heteroatoms. The summed E-state index contributed by atoms with van der Waals surface area (Å²) in [6.45, 7) is 4.08. The summed E-state index contributed by atoms with van der Waals surface area (Å²) >= 11 is 0. The van der Waals surface area contributed by atoms with Crippen molar-refractivity contribution >= 4 is 22.5 Å². The lowest BCUT2D eigenvalue weighted by Crippen LogP contribution is -2.12. The average Bonchev–Trinajstić information content (AvgIpc) is 3.44. The number of anilines is 1. The van der Waals surface area contributed by atoms with Gasteiger partial charge in [0.2, 0.25) is 0 Å². The van der Waals surface area contributed by atoms with Crippen molar-refractivity contribution in [2.75, 3.05) is 11.9 Å². The molecular formula is C25H25F3N4O2. The lowest BCUT2D eigenvalue weighted by atomic mass is 10.1. The van der Waals surface area contributed by atoms with Crippen LogP contribution in [0.25, 0.3) is 22.0 Å². The number of rotatable bonds is 8. The van der Waals surface area contributed by atoms with Crippen LogP contribution in [0.3, 0.4) is 0 Å². The number of hydrogen-bond acceptors (Lipinski definition) is 3. The fourth-order valence-electron chi connectivity index (χ4n) is 3.53. The molecule has 2 aromatic carbocycles. The van der Waals surface area contributed by atoms with Gasteiger partial charge in [-0.3, -0.25) is 9.48 Å². The topological polar surface area (TPSA) is 71.9 Å². The monoisotopic (exact) mass is 470 g/mol. The normalized spacial score (nSPS) is 11.8. The predicted molar refractivity (Wildman–Crippen MR) is 125 cm³/mol. The Bertz CT molecular complexity index is 1270. The Kier molecular flexibility index (Phi) is 6.63. The molecule has 34 heavy (non-hydrogen) atoms. The van der Waals surface area contributed by atoms with E-state index in [1.54, 1.807) is 30.5 Å². The quantitative estimate of drug-likeness (QED) is 0.286. The van der Waals surface area contributed by atoms with Crippen LogP contribution in [0, 0.1) is 0 Å². The number of nitrogens with one attached hydrogen (secondary N) is 2. The van der Waals surface area contributed by atoms with Gasteiger partial charge in [0.1, 0.15) is 5.75 Å². The molecule has 0 fully saturated rings. The zero-order valence-electron chi connectivity index (χ0n) is 18.8. The smallest absolute Gasteiger partial charge is 0.389 e. The summed E-state index contributed by atoms with van der Waals surface area (Å²) in [6, 6.07) is 12.5. The Morgan fingerprint density at radius 1 is 1.15 bits per heavy atom. The minimum Gasteiger partial charge on any atom is -0.494 e. The molecule has 0 spiro atoms. The van der Waals surface area contributed by atoms with Gasteiger partial charge < -0.3 is 15.0 Å². The van der Waals surface area contributed by atoms with Crippen LogP contribution in [0.1, 0.15) is 43.1 Å². The molecule has 0 radical (unpaired) electrons. The first-order valence-electron chi connectivity index (χ1n) is 11.0. The molecule has 0 saturated heterocycles. The van der Waals surface area contributed by atoms with E-state index >= 15 is 0 Å². The van der Waals surface area contributed by atoms with Gasteiger partial charge in [-0.1, -0.05) is 6.07 Å². The van der Waals surface area contributed by atoms with Gasteiger partial charge in [-0.25, -0.2) is 0 Å². The number of benzene rings is 2. The fourth-order valence-corrected chi connectivity index (χ4v) is 3.53. The van der Waals surface area contributed by atoms with Gasteiger partial charge in [0, 0.05) is 46.9 Å². The van der Waals surface area contributed by atoms with E-state index in [-0.39, 0.29) is 25.0 Å². The first kappa shape index (κ1) is 23.4. The summed E-state index contributed by atoms with van der Waals surface area (Å²) in [5.74, 6) is 0.111. The molecule has 4 aromatic rings. The molecule has 0 aliphatic carbocycles. The van der Waals surface area contributed by atoms with Gasteiger partial charge in [-0.05, 0) is 62.2 Å². The summed E-state index contributed by atoms with van der Waals surface area (Å²) < 4.78 is 43.8. The summed E-state index contributed by atoms with van der Waals surface area (Å²) in [5.41, 5.74) is 3.91. The maximum atomic E-state index is 12.8. The van der Waals surface area contributed by atoms with Gasteiger partial charge in [-0.2, -0.15) is 18.3 Å². The van der Waals surface area contributed by atoms with Crippen molar-refractivity contribution in [2.24, 2.45) is 0 Å². The Morgan fingerprint density at radius 2 is 1.91 bits per heavy atom. The van der Waals surface area contributed by atoms with Gasteiger partial charge in [0.15, 0.2) is 0 Å². The molecule has 2 heterocycles. The Labute approximate surface area is 194 Å². The number of nitrogens with zero attached hydrogens (tertiary/aromatic N) is 2. The molecule has 0 aliphatic heterocycles. The van der Waals surface area contributed by atoms with Gasteiger partial charge in [-0.15, -0.1) is 0 Å². The van der Waals surface area contributed by atoms with Crippen molar-refractivity contribution in [2.45, 2.75) is 38.9 Å². The molecule has 2 N–H and O–H groups in total. The van der Waals surface area contributed by atoms with Crippen molar-refractivity contribution in [1.29, 1.82) is 0 Å². The second-order valence-corrected chi connectivity index (χ2v) is 8.31. The summed E-state index contributed by atoms with van der Waals surface area (Å²) in [5, 5.41) is 8.17. The second-order valence-electron chi connectivity index (χ2n) is 8.31. The van der Waals surface area contributed by atoms with E-state index in [0.29, 0.717) is 17.0 Å². The second kappa shape index (κ2) is 9.62. The van der Waals surface area contributed by atoms with Crippen molar-refractivity contribution in [3.05, 3.63) is 66.6 Å². The maximum Gasteiger partial charge on any atom is 0.389 e. The van der Waals surface area contributed by atoms with Gasteiger partial charge >= 0.3 is 6.18 Å². The molecule has 1 amide bonds. The van der Waals surface area contributed by atoms with Crippen LogP contribution in [-0.2, 0) is 0 Å². The van der Waals surface area contributed by atoms with E-state index in [9.17, 15) is 18.0 Å². The van der Waals surface area contributed by atoms with E-state index in [1.165, 1.54) is 0 Å². The SMILES string of the molecule is CC(C)n1cc(-c2ccc3[nH]cc(NC(=O)c4ccc(OCCCC(F)(F)F)cc4)c3c2)cn1. The van der Waals surface area contributed by atoms with E-state index in [0.717, 1.165) is 22.0 Å². The van der Waals surface area contributed by atoms with Crippen LogP contribution < -0.4 is 10.1 Å². The lowest BCUT2D eigenvalue weighted by Gasteiger charge is -2.09. The Morgan fingerprint density at radius 3 is 2.59 bits per heavy atom. The first-order chi connectivity index (χ1) is 16.2. The molecule has 6 nitrogen and oxygen atoms in total. The van der Waals surface area contributed by atoms with Crippen LogP contribution in [-0.4, -0.2) is 33.5 Å². The fraction of sp³-hybridized carbons (Fsp3) is 0.280. The highest BCUT2D eigenvalue weighted by atomic mass is 19.4. The van der Waals surface area contributed by atoms with Gasteiger partial charge in [0.05, 0.1) is 18.5 Å². The van der Waals surface area contributed by atoms with Crippen LogP contribution >= 0.6 is 0 Å². The summed E-state index contributed by atoms with van der Waals surface area (Å²) in [4.78, 5) is 15.9. The standard InChI is InChI=1S/C25H25F3N4O2/c1-16(2)32-15-19(13-30-32)18-6-9-22-21(12-18)23(14-29-22)31-24(33)17-4-7-20(8-5-17)34-11-3-10-25(26,27)28/h4-9,12-16,29H,3,10-11H2,1-2H3,(H,31,33). The van der Waals surface area contributed by atoms with Crippen LogP contribution in [0.5, 0.6) is 5.75 Å².